The number of hydrogen-bond acceptors (Lipinski definition) is 11. The Balaban J connectivity index is 1.40. The van der Waals surface area contributed by atoms with E-state index in [4.69, 9.17) is 39.0 Å². The maximum Gasteiger partial charge on any atom is 0.336 e. The van der Waals surface area contributed by atoms with Gasteiger partial charge < -0.3 is 42.2 Å². The van der Waals surface area contributed by atoms with Gasteiger partial charge in [0.1, 0.15) is 35.0 Å². The number of hydrogen-bond donors (Lipinski definition) is 0. The van der Waals surface area contributed by atoms with E-state index in [1.807, 2.05) is 78.9 Å². The molecule has 2 heterocycles. The molecule has 1 unspecified atom stereocenters. The summed E-state index contributed by atoms with van der Waals surface area (Å²) in [7, 11) is 1.62. The molecular formula is C51H60N3O10P. The normalized spacial score (nSPS) is 16.0. The molecular weight excluding hydrogens is 846 g/mol. The van der Waals surface area contributed by atoms with Gasteiger partial charge in [0.05, 0.1) is 44.8 Å². The molecule has 0 bridgehead atoms. The topological polar surface area (TPSA) is 131 Å². The van der Waals surface area contributed by atoms with Gasteiger partial charge in [0.25, 0.3) is 8.53 Å². The highest BCUT2D eigenvalue weighted by Crippen LogP contribution is 2.49. The molecule has 344 valence electrons. The van der Waals surface area contributed by atoms with Crippen LogP contribution in [-0.2, 0) is 35.4 Å². The summed E-state index contributed by atoms with van der Waals surface area (Å²) in [5.74, 6) is 0.916. The maximum absolute atomic E-state index is 14.9. The van der Waals surface area contributed by atoms with Gasteiger partial charge in [-0.1, -0.05) is 54.6 Å². The van der Waals surface area contributed by atoms with E-state index in [2.05, 4.69) is 37.2 Å². The Kier molecular flexibility index (Phi) is 16.2. The Hall–Kier alpha value is -5.61. The van der Waals surface area contributed by atoms with Crippen molar-refractivity contribution in [2.24, 2.45) is 5.41 Å². The van der Waals surface area contributed by atoms with Crippen molar-refractivity contribution >= 4 is 31.4 Å². The van der Waals surface area contributed by atoms with Crippen LogP contribution in [0.3, 0.4) is 0 Å². The first-order chi connectivity index (χ1) is 31.1. The van der Waals surface area contributed by atoms with E-state index in [-0.39, 0.29) is 62.0 Å². The van der Waals surface area contributed by atoms with Gasteiger partial charge >= 0.3 is 11.6 Å². The fourth-order valence-electron chi connectivity index (χ4n) is 8.07. The minimum absolute atomic E-state index is 0.0726. The first-order valence-corrected chi connectivity index (χ1v) is 23.0. The first-order valence-electron chi connectivity index (χ1n) is 21.9. The third-order valence-corrected chi connectivity index (χ3v) is 13.4. The molecule has 0 aliphatic carbocycles. The summed E-state index contributed by atoms with van der Waals surface area (Å²) in [5, 5.41) is 0.539. The van der Waals surface area contributed by atoms with Gasteiger partial charge in [-0.2, -0.15) is 0 Å². The molecule has 6 rings (SSSR count). The van der Waals surface area contributed by atoms with Crippen molar-refractivity contribution in [1.82, 2.24) is 9.57 Å². The van der Waals surface area contributed by atoms with Crippen molar-refractivity contribution in [1.29, 1.82) is 0 Å². The Morgan fingerprint density at radius 1 is 0.846 bits per heavy atom. The molecule has 1 aliphatic heterocycles. The number of methoxy groups -OCH3 is 2. The monoisotopic (exact) mass is 905 g/mol. The van der Waals surface area contributed by atoms with Crippen LogP contribution in [0.25, 0.3) is 15.8 Å². The van der Waals surface area contributed by atoms with Crippen LogP contribution in [0, 0.1) is 12.0 Å². The molecule has 4 aromatic carbocycles. The van der Waals surface area contributed by atoms with E-state index >= 15 is 0 Å². The van der Waals surface area contributed by atoms with E-state index in [9.17, 15) is 14.4 Å². The number of rotatable bonds is 19. The third kappa shape index (κ3) is 11.6. The molecule has 0 spiro atoms. The highest BCUT2D eigenvalue weighted by atomic mass is 31.2. The summed E-state index contributed by atoms with van der Waals surface area (Å²) >= 11 is 0. The smallest absolute Gasteiger partial charge is 0.336 e. The lowest BCUT2D eigenvalue weighted by Gasteiger charge is -2.38. The molecule has 0 N–H and O–H groups in total. The van der Waals surface area contributed by atoms with Crippen LogP contribution < -0.4 is 19.8 Å². The minimum atomic E-state index is -1.63. The summed E-state index contributed by atoms with van der Waals surface area (Å²) < 4.78 is 45.0. The quantitative estimate of drug-likeness (QED) is 0.0149. The molecule has 13 nitrogen and oxygen atoms in total. The molecule has 1 saturated heterocycles. The predicted octanol–water partition coefficient (Wildman–Crippen LogP) is 9.58. The average molecular weight is 906 g/mol. The Bertz CT molecular complexity index is 2420. The summed E-state index contributed by atoms with van der Waals surface area (Å²) in [5.41, 5.74) is 0.664. The summed E-state index contributed by atoms with van der Waals surface area (Å²) in [6.45, 7) is 21.7. The molecule has 65 heavy (non-hydrogen) atoms. The molecule has 1 fully saturated rings. The van der Waals surface area contributed by atoms with Gasteiger partial charge in [0.2, 0.25) is 12.5 Å². The molecule has 0 saturated carbocycles. The standard InChI is InChI=1S/C51H60N3O10P/c1-34(2)54(35(3)4)65(61-27-26-52-8)64-44-30-40(53(32-44)47(55)28-36-29-48(56)63-46-31-43(24-25-45(36)46)62-49(57)50(5,6)7)33-60-51(37-14-12-11-13-15-37,38-16-20-41(58-9)21-17-38)39-18-22-42(59-10)23-19-39/h11-25,29,31,34-35,40,44H,26-28,30,32-33H2,1-7,9-10H3/t40-,44+,65?/m0/s1. The van der Waals surface area contributed by atoms with Crippen molar-refractivity contribution < 1.29 is 42.0 Å². The van der Waals surface area contributed by atoms with Crippen molar-refractivity contribution in [2.45, 2.75) is 91.1 Å². The highest BCUT2D eigenvalue weighted by Gasteiger charge is 2.44. The number of amides is 1. The van der Waals surface area contributed by atoms with Gasteiger partial charge in [-0.3, -0.25) is 9.59 Å². The number of carbonyl (C=O) groups is 2. The molecule has 5 aromatic rings. The number of ether oxygens (including phenoxy) is 4. The van der Waals surface area contributed by atoms with E-state index in [0.29, 0.717) is 28.9 Å². The first kappa shape index (κ1) is 48.8. The zero-order valence-corrected chi connectivity index (χ0v) is 39.6. The second kappa shape index (κ2) is 21.6. The zero-order valence-electron chi connectivity index (χ0n) is 38.7. The summed E-state index contributed by atoms with van der Waals surface area (Å²) in [4.78, 5) is 45.9. The van der Waals surface area contributed by atoms with Crippen LogP contribution in [0.1, 0.15) is 77.1 Å². The number of nitrogens with zero attached hydrogens (tertiary/aromatic N) is 3. The van der Waals surface area contributed by atoms with Gasteiger partial charge in [0, 0.05) is 36.1 Å². The number of fused-ring (bicyclic) bond motifs is 1. The number of likely N-dealkylation sites (tertiary alicyclic amines) is 1. The second-order valence-corrected chi connectivity index (χ2v) is 19.0. The molecule has 14 heteroatoms. The second-order valence-electron chi connectivity index (χ2n) is 17.6. The van der Waals surface area contributed by atoms with Gasteiger partial charge in [-0.25, -0.2) is 16.0 Å². The van der Waals surface area contributed by atoms with Gasteiger partial charge in [0.15, 0.2) is 0 Å². The van der Waals surface area contributed by atoms with Crippen LogP contribution in [0.15, 0.2) is 112 Å². The molecule has 3 atom stereocenters. The molecule has 1 aromatic heterocycles. The fourth-order valence-corrected chi connectivity index (χ4v) is 9.77. The lowest BCUT2D eigenvalue weighted by molar-refractivity contribution is -0.143. The number of benzene rings is 4. The number of carbonyl (C=O) groups excluding carboxylic acids is 2. The van der Waals surface area contributed by atoms with Crippen molar-refractivity contribution in [2.75, 3.05) is 40.5 Å². The molecule has 1 aliphatic rings. The maximum atomic E-state index is 14.9. The number of esters is 1. The van der Waals surface area contributed by atoms with Crippen molar-refractivity contribution in [3.05, 3.63) is 147 Å². The summed E-state index contributed by atoms with van der Waals surface area (Å²) in [6, 6.07) is 31.3. The highest BCUT2D eigenvalue weighted by molar-refractivity contribution is 7.44. The zero-order chi connectivity index (χ0) is 46.9. The largest absolute Gasteiger partial charge is 0.497 e. The predicted molar refractivity (Wildman–Crippen MR) is 251 cm³/mol. The van der Waals surface area contributed by atoms with E-state index < -0.39 is 43.3 Å². The van der Waals surface area contributed by atoms with Crippen LogP contribution in [0.4, 0.5) is 0 Å². The van der Waals surface area contributed by atoms with Crippen LogP contribution in [0.2, 0.25) is 0 Å². The molecule has 1 amide bonds. The van der Waals surface area contributed by atoms with E-state index in [1.165, 1.54) is 12.1 Å². The van der Waals surface area contributed by atoms with Crippen molar-refractivity contribution in [3.8, 4) is 17.2 Å². The Labute approximate surface area is 383 Å². The van der Waals surface area contributed by atoms with Gasteiger partial charge in [-0.05, 0) is 114 Å². The molecule has 0 radical (unpaired) electrons. The summed E-state index contributed by atoms with van der Waals surface area (Å²) in [6.07, 6.45) is -0.178. The third-order valence-electron chi connectivity index (χ3n) is 11.2. The SMILES string of the molecule is [C-]#[N+]CCOP(O[C@@H]1C[C@@H](COC(c2ccccc2)(c2ccc(OC)cc2)c2ccc(OC)cc2)N(C(=O)Cc2cc(=O)oc3cc(OC(=O)C(C)(C)C)ccc23)C1)N(C(C)C)C(C)C. The fraction of sp³-hybridized carbons (Fsp3) is 0.412. The van der Waals surface area contributed by atoms with E-state index in [0.717, 1.165) is 16.7 Å². The lowest BCUT2D eigenvalue weighted by Crippen LogP contribution is -2.43. The van der Waals surface area contributed by atoms with E-state index in [1.54, 1.807) is 52.0 Å². The van der Waals surface area contributed by atoms with Crippen LogP contribution in [-0.4, -0.2) is 86.2 Å². The average Bonchev–Trinajstić information content (AvgIpc) is 3.69. The lowest BCUT2D eigenvalue weighted by atomic mass is 9.80. The van der Waals surface area contributed by atoms with Gasteiger partial charge in [-0.15, -0.1) is 0 Å². The Morgan fingerprint density at radius 2 is 1.43 bits per heavy atom. The van der Waals surface area contributed by atoms with Crippen molar-refractivity contribution in [3.63, 3.8) is 0 Å². The minimum Gasteiger partial charge on any atom is -0.497 e. The Morgan fingerprint density at radius 3 is 1.98 bits per heavy atom. The van der Waals surface area contributed by atoms with Crippen LogP contribution in [0.5, 0.6) is 17.2 Å². The van der Waals surface area contributed by atoms with Crippen LogP contribution >= 0.6 is 8.53 Å².